The maximum Gasteiger partial charge on any atom is 0.241 e. The Hall–Kier alpha value is -2.04. The van der Waals surface area contributed by atoms with Crippen molar-refractivity contribution in [1.82, 2.24) is 0 Å². The second-order valence-corrected chi connectivity index (χ2v) is 5.36. The molecule has 0 heterocycles. The topological polar surface area (TPSA) is 75.4 Å². The third-order valence-corrected chi connectivity index (χ3v) is 3.41. The maximum absolute atomic E-state index is 12.1. The van der Waals surface area contributed by atoms with Gasteiger partial charge < -0.3 is 16.2 Å². The first kappa shape index (κ1) is 15.4. The molecule has 21 heavy (non-hydrogen) atoms. The van der Waals surface area contributed by atoms with Crippen molar-refractivity contribution in [1.29, 1.82) is 0 Å². The van der Waals surface area contributed by atoms with E-state index in [1.807, 2.05) is 6.92 Å². The molecule has 0 fully saturated rings. The van der Waals surface area contributed by atoms with Crippen LogP contribution in [0.1, 0.15) is 11.1 Å². The molecule has 0 saturated carbocycles. The normalized spacial score (nSPS) is 12.0. The van der Waals surface area contributed by atoms with E-state index in [9.17, 15) is 9.90 Å². The minimum Gasteiger partial charge on any atom is -0.508 e. The van der Waals surface area contributed by atoms with E-state index >= 15 is 0 Å². The molecule has 0 unspecified atom stereocenters. The van der Waals surface area contributed by atoms with Crippen LogP contribution in [0, 0.1) is 6.92 Å². The molecule has 110 valence electrons. The third-order valence-electron chi connectivity index (χ3n) is 3.18. The number of amides is 1. The Balaban J connectivity index is 2.00. The lowest BCUT2D eigenvalue weighted by Gasteiger charge is -2.14. The number of phenolic OH excluding ortho intramolecular Hbond substituents is 1. The lowest BCUT2D eigenvalue weighted by Crippen LogP contribution is -2.37. The number of hydrogen-bond acceptors (Lipinski definition) is 3. The largest absolute Gasteiger partial charge is 0.508 e. The second-order valence-electron chi connectivity index (χ2n) is 4.93. The first-order valence-corrected chi connectivity index (χ1v) is 6.94. The monoisotopic (exact) mass is 304 g/mol. The summed E-state index contributed by atoms with van der Waals surface area (Å²) in [4.78, 5) is 12.1. The van der Waals surface area contributed by atoms with Crippen molar-refractivity contribution in [3.8, 4) is 5.75 Å². The Labute approximate surface area is 128 Å². The highest BCUT2D eigenvalue weighted by atomic mass is 35.5. The minimum atomic E-state index is -0.662. The van der Waals surface area contributed by atoms with Crippen molar-refractivity contribution >= 4 is 23.2 Å². The average Bonchev–Trinajstić information content (AvgIpc) is 2.44. The summed E-state index contributed by atoms with van der Waals surface area (Å²) in [5, 5.41) is 12.6. The fourth-order valence-electron chi connectivity index (χ4n) is 1.97. The lowest BCUT2D eigenvalue weighted by atomic mass is 10.1. The molecule has 0 aliphatic heterocycles. The van der Waals surface area contributed by atoms with E-state index in [2.05, 4.69) is 5.32 Å². The fourth-order valence-corrected chi connectivity index (χ4v) is 2.20. The molecule has 0 aliphatic carbocycles. The molecule has 0 radical (unpaired) electrons. The van der Waals surface area contributed by atoms with Gasteiger partial charge in [-0.2, -0.15) is 0 Å². The predicted molar refractivity (Wildman–Crippen MR) is 84.6 cm³/mol. The van der Waals surface area contributed by atoms with Gasteiger partial charge in [0.15, 0.2) is 0 Å². The Kier molecular flexibility index (Phi) is 4.83. The quantitative estimate of drug-likeness (QED) is 0.813. The van der Waals surface area contributed by atoms with Crippen LogP contribution in [0.15, 0.2) is 42.5 Å². The first-order chi connectivity index (χ1) is 9.95. The summed E-state index contributed by atoms with van der Waals surface area (Å²) in [7, 11) is 0. The third kappa shape index (κ3) is 4.21. The highest BCUT2D eigenvalue weighted by Gasteiger charge is 2.15. The van der Waals surface area contributed by atoms with Crippen LogP contribution < -0.4 is 11.1 Å². The molecule has 0 bridgehead atoms. The molecular formula is C16H17ClN2O2. The van der Waals surface area contributed by atoms with E-state index in [4.69, 9.17) is 17.3 Å². The Morgan fingerprint density at radius 1 is 1.29 bits per heavy atom. The second kappa shape index (κ2) is 6.61. The summed E-state index contributed by atoms with van der Waals surface area (Å²) < 4.78 is 0. The highest BCUT2D eigenvalue weighted by molar-refractivity contribution is 6.30. The number of benzene rings is 2. The molecule has 4 nitrogen and oxygen atoms in total. The van der Waals surface area contributed by atoms with Crippen molar-refractivity contribution < 1.29 is 9.90 Å². The Bertz CT molecular complexity index is 641. The molecule has 0 aromatic heterocycles. The highest BCUT2D eigenvalue weighted by Crippen LogP contribution is 2.20. The first-order valence-electron chi connectivity index (χ1n) is 6.56. The van der Waals surface area contributed by atoms with Crippen LogP contribution in [0.2, 0.25) is 5.02 Å². The number of aromatic hydroxyl groups is 1. The summed E-state index contributed by atoms with van der Waals surface area (Å²) in [5.74, 6) is -0.0675. The zero-order valence-electron chi connectivity index (χ0n) is 11.6. The number of carbonyl (C=O) groups excluding carboxylic acids is 1. The lowest BCUT2D eigenvalue weighted by molar-refractivity contribution is -0.117. The van der Waals surface area contributed by atoms with Crippen molar-refractivity contribution in [3.05, 3.63) is 58.6 Å². The van der Waals surface area contributed by atoms with E-state index < -0.39 is 6.04 Å². The molecule has 2 aromatic rings. The molecule has 4 N–H and O–H groups in total. The molecule has 1 amide bonds. The number of nitrogens with one attached hydrogen (secondary N) is 1. The van der Waals surface area contributed by atoms with E-state index in [1.165, 1.54) is 0 Å². The maximum atomic E-state index is 12.1. The summed E-state index contributed by atoms with van der Waals surface area (Å²) in [5.41, 5.74) is 8.39. The van der Waals surface area contributed by atoms with E-state index in [0.29, 0.717) is 17.1 Å². The van der Waals surface area contributed by atoms with Gasteiger partial charge in [0.25, 0.3) is 0 Å². The minimum absolute atomic E-state index is 0.188. The predicted octanol–water partition coefficient (Wildman–Crippen LogP) is 2.86. The molecular weight excluding hydrogens is 288 g/mol. The number of halogens is 1. The van der Waals surface area contributed by atoms with E-state index in [1.54, 1.807) is 42.5 Å². The van der Waals surface area contributed by atoms with Gasteiger partial charge in [0.1, 0.15) is 5.75 Å². The van der Waals surface area contributed by atoms with Gasteiger partial charge in [0.05, 0.1) is 6.04 Å². The molecule has 0 saturated heterocycles. The average molecular weight is 305 g/mol. The van der Waals surface area contributed by atoms with Crippen LogP contribution in [0.3, 0.4) is 0 Å². The number of nitrogens with two attached hydrogens (primary N) is 1. The summed E-state index contributed by atoms with van der Waals surface area (Å²) in [6, 6.07) is 11.2. The van der Waals surface area contributed by atoms with Crippen LogP contribution in [-0.2, 0) is 11.2 Å². The summed E-state index contributed by atoms with van der Waals surface area (Å²) >= 11 is 5.88. The number of hydrogen-bond donors (Lipinski definition) is 3. The number of aryl methyl sites for hydroxylation is 1. The van der Waals surface area contributed by atoms with Crippen molar-refractivity contribution in [3.63, 3.8) is 0 Å². The van der Waals surface area contributed by atoms with Gasteiger partial charge in [0.2, 0.25) is 5.91 Å². The SMILES string of the molecule is Cc1cc(Cl)ccc1NC(=O)[C@H](N)Cc1ccc(O)cc1. The molecule has 0 spiro atoms. The zero-order chi connectivity index (χ0) is 15.4. The summed E-state index contributed by atoms with van der Waals surface area (Å²) in [6.45, 7) is 1.87. The van der Waals surface area contributed by atoms with Gasteiger partial charge in [-0.3, -0.25) is 4.79 Å². The summed E-state index contributed by atoms with van der Waals surface area (Å²) in [6.07, 6.45) is 0.402. The van der Waals surface area contributed by atoms with E-state index in [-0.39, 0.29) is 11.7 Å². The molecule has 0 aliphatic rings. The van der Waals surface area contributed by atoms with Crippen molar-refractivity contribution in [2.45, 2.75) is 19.4 Å². The molecule has 2 aromatic carbocycles. The smallest absolute Gasteiger partial charge is 0.241 e. The van der Waals surface area contributed by atoms with Gasteiger partial charge in [-0.25, -0.2) is 0 Å². The van der Waals surface area contributed by atoms with Gasteiger partial charge in [0, 0.05) is 10.7 Å². The molecule has 2 rings (SSSR count). The number of rotatable bonds is 4. The number of carbonyl (C=O) groups is 1. The van der Waals surface area contributed by atoms with Crippen LogP contribution in [0.25, 0.3) is 0 Å². The van der Waals surface area contributed by atoms with Gasteiger partial charge in [-0.05, 0) is 54.8 Å². The Morgan fingerprint density at radius 2 is 1.95 bits per heavy atom. The standard InChI is InChI=1S/C16H17ClN2O2/c1-10-8-12(17)4-7-15(10)19-16(21)14(18)9-11-2-5-13(20)6-3-11/h2-8,14,20H,9,18H2,1H3,(H,19,21)/t14-/m1/s1. The molecule has 1 atom stereocenters. The number of phenols is 1. The number of anilines is 1. The van der Waals surface area contributed by atoms with Crippen molar-refractivity contribution in [2.24, 2.45) is 5.73 Å². The zero-order valence-corrected chi connectivity index (χ0v) is 12.4. The van der Waals surface area contributed by atoms with E-state index in [0.717, 1.165) is 11.1 Å². The van der Waals surface area contributed by atoms with Crippen LogP contribution in [0.4, 0.5) is 5.69 Å². The fraction of sp³-hybridized carbons (Fsp3) is 0.188. The van der Waals surface area contributed by atoms with Gasteiger partial charge in [-0.15, -0.1) is 0 Å². The van der Waals surface area contributed by atoms with Crippen LogP contribution in [-0.4, -0.2) is 17.1 Å². The van der Waals surface area contributed by atoms with Crippen LogP contribution in [0.5, 0.6) is 5.75 Å². The van der Waals surface area contributed by atoms with Gasteiger partial charge in [-0.1, -0.05) is 23.7 Å². The van der Waals surface area contributed by atoms with Crippen molar-refractivity contribution in [2.75, 3.05) is 5.32 Å². The van der Waals surface area contributed by atoms with Gasteiger partial charge >= 0.3 is 0 Å². The Morgan fingerprint density at radius 3 is 2.57 bits per heavy atom. The molecule has 5 heteroatoms. The van der Waals surface area contributed by atoms with Crippen LogP contribution >= 0.6 is 11.6 Å².